The van der Waals surface area contributed by atoms with Crippen molar-refractivity contribution in [2.45, 2.75) is 13.1 Å². The number of alkyl halides is 3. The van der Waals surface area contributed by atoms with E-state index in [0.717, 1.165) is 6.07 Å². The molecule has 1 nitrogen and oxygen atoms in total. The Morgan fingerprint density at radius 2 is 1.47 bits per heavy atom. The van der Waals surface area contributed by atoms with E-state index in [9.17, 15) is 17.6 Å². The van der Waals surface area contributed by atoms with E-state index in [0.29, 0.717) is 0 Å². The third-order valence-electron chi connectivity index (χ3n) is 2.56. The summed E-state index contributed by atoms with van der Waals surface area (Å²) in [5.74, 6) is -0.102. The van der Waals surface area contributed by atoms with Crippen LogP contribution in [0.5, 0.6) is 11.5 Å². The lowest BCUT2D eigenvalue weighted by Gasteiger charge is -2.12. The number of ether oxygens (including phenoxy) is 1. The molecule has 2 rings (SSSR count). The van der Waals surface area contributed by atoms with Gasteiger partial charge in [-0.25, -0.2) is 4.39 Å². The highest BCUT2D eigenvalue weighted by atomic mass is 19.4. The number of hydrogen-bond acceptors (Lipinski definition) is 1. The van der Waals surface area contributed by atoms with Crippen molar-refractivity contribution in [1.82, 2.24) is 0 Å². The lowest BCUT2D eigenvalue weighted by molar-refractivity contribution is -0.138. The molecule has 2 aromatic rings. The van der Waals surface area contributed by atoms with Crippen LogP contribution >= 0.6 is 0 Å². The van der Waals surface area contributed by atoms with Gasteiger partial charge in [-0.05, 0) is 48.9 Å². The smallest absolute Gasteiger partial charge is 0.416 e. The molecule has 0 saturated carbocycles. The topological polar surface area (TPSA) is 9.23 Å². The lowest BCUT2D eigenvalue weighted by Crippen LogP contribution is -2.07. The maximum Gasteiger partial charge on any atom is 0.416 e. The van der Waals surface area contributed by atoms with Crippen molar-refractivity contribution in [2.75, 3.05) is 0 Å². The van der Waals surface area contributed by atoms with E-state index in [2.05, 4.69) is 0 Å². The van der Waals surface area contributed by atoms with Crippen LogP contribution in [0.25, 0.3) is 0 Å². The minimum atomic E-state index is -4.42. The normalized spacial score (nSPS) is 11.4. The predicted octanol–water partition coefficient (Wildman–Crippen LogP) is 4.95. The van der Waals surface area contributed by atoms with Gasteiger partial charge in [0.25, 0.3) is 0 Å². The van der Waals surface area contributed by atoms with E-state index in [1.54, 1.807) is 0 Å². The molecular weight excluding hydrogens is 260 g/mol. The summed E-state index contributed by atoms with van der Waals surface area (Å²) < 4.78 is 56.1. The summed E-state index contributed by atoms with van der Waals surface area (Å²) in [6.45, 7) is 1.38. The number of benzene rings is 2. The van der Waals surface area contributed by atoms with Gasteiger partial charge in [0.1, 0.15) is 17.3 Å². The van der Waals surface area contributed by atoms with Gasteiger partial charge in [-0.2, -0.15) is 13.2 Å². The number of halogens is 4. The van der Waals surface area contributed by atoms with Gasteiger partial charge in [-0.15, -0.1) is 0 Å². The Labute approximate surface area is 107 Å². The highest BCUT2D eigenvalue weighted by Crippen LogP contribution is 2.35. The van der Waals surface area contributed by atoms with E-state index in [1.807, 2.05) is 0 Å². The van der Waals surface area contributed by atoms with Gasteiger partial charge in [-0.1, -0.05) is 6.07 Å². The third kappa shape index (κ3) is 3.24. The Balaban J connectivity index is 2.29. The Bertz CT molecular complexity index is 573. The molecule has 0 aliphatic heterocycles. The summed E-state index contributed by atoms with van der Waals surface area (Å²) in [5, 5.41) is 0. The van der Waals surface area contributed by atoms with Crippen molar-refractivity contribution in [1.29, 1.82) is 0 Å². The Morgan fingerprint density at radius 1 is 0.895 bits per heavy atom. The van der Waals surface area contributed by atoms with Crippen LogP contribution in [-0.2, 0) is 6.18 Å². The molecule has 19 heavy (non-hydrogen) atoms. The highest BCUT2D eigenvalue weighted by molar-refractivity contribution is 5.39. The van der Waals surface area contributed by atoms with E-state index in [4.69, 9.17) is 4.74 Å². The van der Waals surface area contributed by atoms with Crippen LogP contribution in [0.15, 0.2) is 42.5 Å². The summed E-state index contributed by atoms with van der Waals surface area (Å²) in [5.41, 5.74) is -0.619. The fourth-order valence-corrected chi connectivity index (χ4v) is 1.61. The van der Waals surface area contributed by atoms with Gasteiger partial charge in [0.15, 0.2) is 0 Å². The quantitative estimate of drug-likeness (QED) is 0.702. The van der Waals surface area contributed by atoms with E-state index in [-0.39, 0.29) is 17.1 Å². The van der Waals surface area contributed by atoms with Gasteiger partial charge in [0, 0.05) is 0 Å². The molecule has 0 N–H and O–H groups in total. The molecule has 0 amide bonds. The second-order valence-corrected chi connectivity index (χ2v) is 4.03. The van der Waals surface area contributed by atoms with Crippen LogP contribution in [-0.4, -0.2) is 0 Å². The van der Waals surface area contributed by atoms with Crippen molar-refractivity contribution >= 4 is 0 Å². The molecule has 0 bridgehead atoms. The van der Waals surface area contributed by atoms with Crippen LogP contribution in [0.2, 0.25) is 0 Å². The average Bonchev–Trinajstić information content (AvgIpc) is 2.33. The molecule has 0 fully saturated rings. The maximum absolute atomic E-state index is 12.7. The number of hydrogen-bond donors (Lipinski definition) is 0. The predicted molar refractivity (Wildman–Crippen MR) is 62.7 cm³/mol. The molecular formula is C14H10F4O. The van der Waals surface area contributed by atoms with Crippen molar-refractivity contribution < 1.29 is 22.3 Å². The van der Waals surface area contributed by atoms with Gasteiger partial charge in [0.2, 0.25) is 0 Å². The Kier molecular flexibility index (Phi) is 3.46. The molecule has 0 heterocycles. The van der Waals surface area contributed by atoms with Gasteiger partial charge < -0.3 is 4.74 Å². The standard InChI is InChI=1S/C14H10F4O/c1-9-2-5-12(8-13(9)14(16,17)18)19-11-6-3-10(15)4-7-11/h2-8H,1H3. The first-order valence-corrected chi connectivity index (χ1v) is 5.47. The lowest BCUT2D eigenvalue weighted by atomic mass is 10.1. The SMILES string of the molecule is Cc1ccc(Oc2ccc(F)cc2)cc1C(F)(F)F. The minimum Gasteiger partial charge on any atom is -0.457 e. The molecule has 100 valence electrons. The van der Waals surface area contributed by atoms with Crippen molar-refractivity contribution in [2.24, 2.45) is 0 Å². The Morgan fingerprint density at radius 3 is 2.05 bits per heavy atom. The zero-order valence-corrected chi connectivity index (χ0v) is 9.96. The van der Waals surface area contributed by atoms with Gasteiger partial charge in [-0.3, -0.25) is 0 Å². The second kappa shape index (κ2) is 4.91. The molecule has 5 heteroatoms. The van der Waals surface area contributed by atoms with Crippen molar-refractivity contribution in [3.05, 3.63) is 59.4 Å². The zero-order valence-electron chi connectivity index (χ0n) is 9.96. The molecule has 0 spiro atoms. The summed E-state index contributed by atoms with van der Waals surface area (Å²) >= 11 is 0. The summed E-state index contributed by atoms with van der Waals surface area (Å²) in [6, 6.07) is 8.75. The first-order valence-electron chi connectivity index (χ1n) is 5.47. The van der Waals surface area contributed by atoms with E-state index >= 15 is 0 Å². The van der Waals surface area contributed by atoms with Crippen LogP contribution in [0.1, 0.15) is 11.1 Å². The molecule has 0 aromatic heterocycles. The average molecular weight is 270 g/mol. The molecule has 0 aliphatic carbocycles. The van der Waals surface area contributed by atoms with Crippen molar-refractivity contribution in [3.63, 3.8) is 0 Å². The molecule has 0 saturated heterocycles. The first kappa shape index (κ1) is 13.4. The fourth-order valence-electron chi connectivity index (χ4n) is 1.61. The molecule has 0 atom stereocenters. The monoisotopic (exact) mass is 270 g/mol. The molecule has 0 radical (unpaired) electrons. The fraction of sp³-hybridized carbons (Fsp3) is 0.143. The molecule has 0 aliphatic rings. The van der Waals surface area contributed by atoms with E-state index in [1.165, 1.54) is 43.3 Å². The second-order valence-electron chi connectivity index (χ2n) is 4.03. The molecule has 2 aromatic carbocycles. The van der Waals surface area contributed by atoms with Gasteiger partial charge in [0.05, 0.1) is 5.56 Å². The van der Waals surface area contributed by atoms with E-state index < -0.39 is 17.6 Å². The number of aryl methyl sites for hydroxylation is 1. The Hall–Kier alpha value is -2.04. The van der Waals surface area contributed by atoms with Crippen LogP contribution < -0.4 is 4.74 Å². The number of rotatable bonds is 2. The largest absolute Gasteiger partial charge is 0.457 e. The summed E-state index contributed by atoms with van der Waals surface area (Å²) in [6.07, 6.45) is -4.42. The van der Waals surface area contributed by atoms with Gasteiger partial charge >= 0.3 is 6.18 Å². The van der Waals surface area contributed by atoms with Crippen LogP contribution in [0.3, 0.4) is 0 Å². The molecule has 0 unspecified atom stereocenters. The summed E-state index contributed by atoms with van der Waals surface area (Å²) in [7, 11) is 0. The third-order valence-corrected chi connectivity index (χ3v) is 2.56. The highest BCUT2D eigenvalue weighted by Gasteiger charge is 2.32. The zero-order chi connectivity index (χ0) is 14.0. The first-order chi connectivity index (χ1) is 8.86. The summed E-state index contributed by atoms with van der Waals surface area (Å²) in [4.78, 5) is 0. The minimum absolute atomic E-state index is 0.0598. The van der Waals surface area contributed by atoms with Crippen molar-refractivity contribution in [3.8, 4) is 11.5 Å². The van der Waals surface area contributed by atoms with Crippen LogP contribution in [0, 0.1) is 12.7 Å². The van der Waals surface area contributed by atoms with Crippen LogP contribution in [0.4, 0.5) is 17.6 Å². The maximum atomic E-state index is 12.7.